The van der Waals surface area contributed by atoms with Gasteiger partial charge >= 0.3 is 5.97 Å². The Labute approximate surface area is 127 Å². The van der Waals surface area contributed by atoms with Crippen molar-refractivity contribution in [2.24, 2.45) is 0 Å². The van der Waals surface area contributed by atoms with E-state index >= 15 is 0 Å². The molecule has 0 bridgehead atoms. The molecular formula is C15H15ClN2O3. The van der Waals surface area contributed by atoms with Crippen molar-refractivity contribution < 1.29 is 14.7 Å². The summed E-state index contributed by atoms with van der Waals surface area (Å²) in [6.45, 7) is 2.41. The van der Waals surface area contributed by atoms with Gasteiger partial charge in [-0.3, -0.25) is 9.59 Å². The maximum Gasteiger partial charge on any atom is 0.305 e. The number of carbonyl (C=O) groups is 2. The number of nitrogens with zero attached hydrogens (tertiary/aromatic N) is 2. The molecule has 2 rings (SSSR count). The summed E-state index contributed by atoms with van der Waals surface area (Å²) < 4.78 is 0. The van der Waals surface area contributed by atoms with Crippen molar-refractivity contribution in [3.05, 3.63) is 41.0 Å². The topological polar surface area (TPSA) is 70.5 Å². The standard InChI is InChI=1S/C15H15ClN2O3/c1-2-18(8-7-14(19)20)15(21)11-9-13(16)17-12-6-4-3-5-10(11)12/h3-6,9H,2,7-8H2,1H3,(H,19,20). The Morgan fingerprint density at radius 1 is 1.33 bits per heavy atom. The first kappa shape index (κ1) is 15.3. The third kappa shape index (κ3) is 3.49. The van der Waals surface area contributed by atoms with Crippen LogP contribution in [-0.2, 0) is 4.79 Å². The van der Waals surface area contributed by atoms with Crippen LogP contribution in [0.25, 0.3) is 10.9 Å². The Hall–Kier alpha value is -2.14. The molecule has 0 saturated heterocycles. The highest BCUT2D eigenvalue weighted by atomic mass is 35.5. The number of hydrogen-bond donors (Lipinski definition) is 1. The molecular weight excluding hydrogens is 292 g/mol. The van der Waals surface area contributed by atoms with Gasteiger partial charge in [-0.15, -0.1) is 0 Å². The van der Waals surface area contributed by atoms with Crippen molar-refractivity contribution >= 4 is 34.4 Å². The van der Waals surface area contributed by atoms with E-state index in [1.54, 1.807) is 12.1 Å². The summed E-state index contributed by atoms with van der Waals surface area (Å²) in [5, 5.41) is 9.71. The number of fused-ring (bicyclic) bond motifs is 1. The highest BCUT2D eigenvalue weighted by molar-refractivity contribution is 6.30. The van der Waals surface area contributed by atoms with Crippen LogP contribution in [0.2, 0.25) is 5.15 Å². The zero-order valence-corrected chi connectivity index (χ0v) is 12.3. The number of amides is 1. The number of aromatic nitrogens is 1. The van der Waals surface area contributed by atoms with E-state index in [0.717, 1.165) is 0 Å². The molecule has 5 nitrogen and oxygen atoms in total. The number of para-hydroxylation sites is 1. The van der Waals surface area contributed by atoms with Crippen LogP contribution in [0.5, 0.6) is 0 Å². The molecule has 0 spiro atoms. The number of halogens is 1. The first-order valence-electron chi connectivity index (χ1n) is 6.59. The minimum Gasteiger partial charge on any atom is -0.481 e. The van der Waals surface area contributed by atoms with Gasteiger partial charge < -0.3 is 10.0 Å². The monoisotopic (exact) mass is 306 g/mol. The van der Waals surface area contributed by atoms with Crippen molar-refractivity contribution in [3.63, 3.8) is 0 Å². The number of carboxylic acids is 1. The number of benzene rings is 1. The summed E-state index contributed by atoms with van der Waals surface area (Å²) in [5.74, 6) is -1.17. The fraction of sp³-hybridized carbons (Fsp3) is 0.267. The van der Waals surface area contributed by atoms with Gasteiger partial charge in [-0.05, 0) is 19.1 Å². The third-order valence-electron chi connectivity index (χ3n) is 3.18. The Morgan fingerprint density at radius 3 is 2.71 bits per heavy atom. The van der Waals surface area contributed by atoms with Gasteiger partial charge in [0.05, 0.1) is 17.5 Å². The molecule has 110 valence electrons. The molecule has 6 heteroatoms. The van der Waals surface area contributed by atoms with E-state index in [1.165, 1.54) is 11.0 Å². The molecule has 0 radical (unpaired) electrons. The predicted octanol–water partition coefficient (Wildman–Crippen LogP) is 2.83. The van der Waals surface area contributed by atoms with E-state index in [4.69, 9.17) is 16.7 Å². The van der Waals surface area contributed by atoms with Gasteiger partial charge in [-0.2, -0.15) is 0 Å². The Balaban J connectivity index is 2.39. The van der Waals surface area contributed by atoms with E-state index < -0.39 is 5.97 Å². The molecule has 1 heterocycles. The molecule has 0 fully saturated rings. The summed E-state index contributed by atoms with van der Waals surface area (Å²) in [6, 6.07) is 8.75. The smallest absolute Gasteiger partial charge is 0.305 e. The maximum absolute atomic E-state index is 12.6. The average Bonchev–Trinajstić information content (AvgIpc) is 2.46. The van der Waals surface area contributed by atoms with Gasteiger partial charge in [0.2, 0.25) is 0 Å². The first-order chi connectivity index (χ1) is 10.0. The fourth-order valence-corrected chi connectivity index (χ4v) is 2.32. The second-order valence-electron chi connectivity index (χ2n) is 4.54. The number of hydrogen-bond acceptors (Lipinski definition) is 3. The fourth-order valence-electron chi connectivity index (χ4n) is 2.12. The maximum atomic E-state index is 12.6. The zero-order valence-electron chi connectivity index (χ0n) is 11.5. The Kier molecular flexibility index (Phi) is 4.75. The highest BCUT2D eigenvalue weighted by Crippen LogP contribution is 2.22. The van der Waals surface area contributed by atoms with Crippen LogP contribution < -0.4 is 0 Å². The largest absolute Gasteiger partial charge is 0.481 e. The molecule has 1 aromatic carbocycles. The van der Waals surface area contributed by atoms with Crippen LogP contribution in [0.3, 0.4) is 0 Å². The van der Waals surface area contributed by atoms with Gasteiger partial charge in [0.1, 0.15) is 5.15 Å². The molecule has 0 aliphatic rings. The predicted molar refractivity (Wildman–Crippen MR) is 80.6 cm³/mol. The normalized spacial score (nSPS) is 10.6. The summed E-state index contributed by atoms with van der Waals surface area (Å²) in [7, 11) is 0. The lowest BCUT2D eigenvalue weighted by atomic mass is 10.1. The molecule has 21 heavy (non-hydrogen) atoms. The van der Waals surface area contributed by atoms with E-state index in [9.17, 15) is 9.59 Å². The van der Waals surface area contributed by atoms with E-state index in [2.05, 4.69) is 4.98 Å². The highest BCUT2D eigenvalue weighted by Gasteiger charge is 2.18. The Morgan fingerprint density at radius 2 is 2.05 bits per heavy atom. The van der Waals surface area contributed by atoms with Gasteiger partial charge in [0.25, 0.3) is 5.91 Å². The number of carbonyl (C=O) groups excluding carboxylic acids is 1. The summed E-state index contributed by atoms with van der Waals surface area (Å²) in [6.07, 6.45) is -0.0870. The average molecular weight is 307 g/mol. The quantitative estimate of drug-likeness (QED) is 0.862. The lowest BCUT2D eigenvalue weighted by molar-refractivity contribution is -0.137. The van der Waals surface area contributed by atoms with Gasteiger partial charge in [0.15, 0.2) is 0 Å². The minimum atomic E-state index is -0.932. The molecule has 1 amide bonds. The van der Waals surface area contributed by atoms with Crippen LogP contribution in [0.1, 0.15) is 23.7 Å². The van der Waals surface area contributed by atoms with Crippen LogP contribution in [-0.4, -0.2) is 40.0 Å². The third-order valence-corrected chi connectivity index (χ3v) is 3.37. The van der Waals surface area contributed by atoms with Crippen LogP contribution in [0.4, 0.5) is 0 Å². The number of carboxylic acid groups (broad SMARTS) is 1. The molecule has 0 unspecified atom stereocenters. The van der Waals surface area contributed by atoms with Crippen molar-refractivity contribution in [1.82, 2.24) is 9.88 Å². The molecule has 1 N–H and O–H groups in total. The SMILES string of the molecule is CCN(CCC(=O)O)C(=O)c1cc(Cl)nc2ccccc12. The summed E-state index contributed by atoms with van der Waals surface area (Å²) in [4.78, 5) is 28.9. The van der Waals surface area contributed by atoms with Crippen molar-refractivity contribution in [3.8, 4) is 0 Å². The molecule has 2 aromatic rings. The lowest BCUT2D eigenvalue weighted by Gasteiger charge is -2.21. The van der Waals surface area contributed by atoms with E-state index in [1.807, 2.05) is 19.1 Å². The second kappa shape index (κ2) is 6.54. The molecule has 0 saturated carbocycles. The minimum absolute atomic E-state index is 0.0870. The Bertz CT molecular complexity index is 688. The van der Waals surface area contributed by atoms with Crippen LogP contribution in [0, 0.1) is 0 Å². The van der Waals surface area contributed by atoms with Crippen molar-refractivity contribution in [1.29, 1.82) is 0 Å². The van der Waals surface area contributed by atoms with Gasteiger partial charge in [-0.25, -0.2) is 4.98 Å². The number of aliphatic carboxylic acids is 1. The number of rotatable bonds is 5. The number of pyridine rings is 1. The van der Waals surface area contributed by atoms with Crippen molar-refractivity contribution in [2.45, 2.75) is 13.3 Å². The van der Waals surface area contributed by atoms with Gasteiger partial charge in [0, 0.05) is 18.5 Å². The lowest BCUT2D eigenvalue weighted by Crippen LogP contribution is -2.33. The molecule has 0 aliphatic carbocycles. The zero-order chi connectivity index (χ0) is 15.4. The van der Waals surface area contributed by atoms with Crippen molar-refractivity contribution in [2.75, 3.05) is 13.1 Å². The molecule has 0 aliphatic heterocycles. The summed E-state index contributed by atoms with van der Waals surface area (Å²) in [5.41, 5.74) is 1.08. The van der Waals surface area contributed by atoms with Crippen LogP contribution in [0.15, 0.2) is 30.3 Å². The summed E-state index contributed by atoms with van der Waals surface area (Å²) >= 11 is 5.97. The van der Waals surface area contributed by atoms with Crippen LogP contribution >= 0.6 is 11.6 Å². The molecule has 0 atom stereocenters. The van der Waals surface area contributed by atoms with E-state index in [0.29, 0.717) is 23.0 Å². The first-order valence-corrected chi connectivity index (χ1v) is 6.97. The van der Waals surface area contributed by atoms with E-state index in [-0.39, 0.29) is 24.0 Å². The molecule has 1 aromatic heterocycles. The second-order valence-corrected chi connectivity index (χ2v) is 4.93. The van der Waals surface area contributed by atoms with Gasteiger partial charge in [-0.1, -0.05) is 29.8 Å².